The Morgan fingerprint density at radius 3 is 2.29 bits per heavy atom. The maximum absolute atomic E-state index is 5.91. The molecule has 0 aliphatic heterocycles. The highest BCUT2D eigenvalue weighted by Crippen LogP contribution is 2.31. The van der Waals surface area contributed by atoms with Crippen LogP contribution in [-0.4, -0.2) is 11.7 Å². The molecule has 1 aromatic carbocycles. The summed E-state index contributed by atoms with van der Waals surface area (Å²) in [6.45, 7) is 8.34. The number of rotatable bonds is 4. The van der Waals surface area contributed by atoms with Gasteiger partial charge in [-0.25, -0.2) is 0 Å². The summed E-state index contributed by atoms with van der Waals surface area (Å²) in [5.41, 5.74) is 1.10. The van der Waals surface area contributed by atoms with Crippen LogP contribution in [0.4, 0.5) is 0 Å². The van der Waals surface area contributed by atoms with Crippen molar-refractivity contribution in [3.63, 3.8) is 0 Å². The Labute approximate surface area is 104 Å². The maximum atomic E-state index is 5.91. The number of benzene rings is 1. The summed E-state index contributed by atoms with van der Waals surface area (Å²) in [5, 5.41) is 0. The maximum Gasteiger partial charge on any atom is 0.124 e. The van der Waals surface area contributed by atoms with Gasteiger partial charge in [-0.1, -0.05) is 6.92 Å². The molecule has 1 aromatic rings. The van der Waals surface area contributed by atoms with Gasteiger partial charge in [-0.05, 0) is 57.7 Å². The summed E-state index contributed by atoms with van der Waals surface area (Å²) in [7, 11) is 0. The molecule has 1 saturated carbocycles. The van der Waals surface area contributed by atoms with Crippen molar-refractivity contribution < 1.29 is 9.47 Å². The van der Waals surface area contributed by atoms with Crippen molar-refractivity contribution in [1.82, 2.24) is 0 Å². The zero-order valence-corrected chi connectivity index (χ0v) is 11.2. The monoisotopic (exact) mass is 234 g/mol. The molecule has 0 amide bonds. The van der Waals surface area contributed by atoms with Crippen molar-refractivity contribution in [3.05, 3.63) is 23.8 Å². The molecule has 0 saturated heterocycles. The van der Waals surface area contributed by atoms with Crippen LogP contribution in [0.5, 0.6) is 11.5 Å². The van der Waals surface area contributed by atoms with Gasteiger partial charge in [0.2, 0.25) is 0 Å². The largest absolute Gasteiger partial charge is 0.490 e. The fraction of sp³-hybridized carbons (Fsp3) is 0.600. The van der Waals surface area contributed by atoms with Gasteiger partial charge in [0.15, 0.2) is 0 Å². The van der Waals surface area contributed by atoms with Crippen LogP contribution in [0.1, 0.15) is 46.1 Å². The molecular weight excluding hydrogens is 212 g/mol. The molecule has 0 N–H and O–H groups in total. The molecule has 1 aliphatic carbocycles. The summed E-state index contributed by atoms with van der Waals surface area (Å²) >= 11 is 0. The third kappa shape index (κ3) is 3.95. The lowest BCUT2D eigenvalue weighted by atomic mass is 10.1. The molecule has 94 valence electrons. The lowest BCUT2D eigenvalue weighted by molar-refractivity contribution is 0.130. The van der Waals surface area contributed by atoms with Crippen LogP contribution in [0.2, 0.25) is 0 Å². The zero-order valence-electron chi connectivity index (χ0n) is 11.2. The zero-order chi connectivity index (χ0) is 12.5. The average Bonchev–Trinajstić information content (AvgIpc) is 2.98. The van der Waals surface area contributed by atoms with Crippen LogP contribution in [0, 0.1) is 0 Å². The normalized spacial score (nSPS) is 15.8. The first-order valence-corrected chi connectivity index (χ1v) is 6.46. The molecule has 0 heterocycles. The second kappa shape index (κ2) is 4.59. The summed E-state index contributed by atoms with van der Waals surface area (Å²) in [4.78, 5) is 0. The van der Waals surface area contributed by atoms with Gasteiger partial charge in [-0.3, -0.25) is 0 Å². The van der Waals surface area contributed by atoms with E-state index in [1.165, 1.54) is 18.4 Å². The molecule has 1 aliphatic rings. The van der Waals surface area contributed by atoms with Gasteiger partial charge in [0, 0.05) is 6.07 Å². The van der Waals surface area contributed by atoms with Crippen LogP contribution in [0.25, 0.3) is 0 Å². The Bertz CT molecular complexity index is 386. The highest BCUT2D eigenvalue weighted by atomic mass is 16.5. The van der Waals surface area contributed by atoms with Gasteiger partial charge in [0.25, 0.3) is 0 Å². The van der Waals surface area contributed by atoms with Crippen molar-refractivity contribution in [2.75, 3.05) is 0 Å². The summed E-state index contributed by atoms with van der Waals surface area (Å²) < 4.78 is 11.7. The van der Waals surface area contributed by atoms with E-state index in [-0.39, 0.29) is 5.60 Å². The van der Waals surface area contributed by atoms with Crippen LogP contribution < -0.4 is 9.47 Å². The quantitative estimate of drug-likeness (QED) is 0.785. The Morgan fingerprint density at radius 1 is 1.12 bits per heavy atom. The second-order valence-corrected chi connectivity index (χ2v) is 5.70. The van der Waals surface area contributed by atoms with Crippen molar-refractivity contribution in [3.8, 4) is 11.5 Å². The number of hydrogen-bond donors (Lipinski definition) is 0. The van der Waals surface area contributed by atoms with Crippen LogP contribution in [0.3, 0.4) is 0 Å². The smallest absolute Gasteiger partial charge is 0.124 e. The highest BCUT2D eigenvalue weighted by molar-refractivity contribution is 5.39. The summed E-state index contributed by atoms with van der Waals surface area (Å²) in [5.74, 6) is 1.86. The van der Waals surface area contributed by atoms with Crippen molar-refractivity contribution in [1.29, 1.82) is 0 Å². The van der Waals surface area contributed by atoms with E-state index in [4.69, 9.17) is 9.47 Å². The third-order valence-electron chi connectivity index (χ3n) is 2.60. The molecule has 0 radical (unpaired) electrons. The number of hydrogen-bond acceptors (Lipinski definition) is 2. The Morgan fingerprint density at radius 2 is 1.76 bits per heavy atom. The lowest BCUT2D eigenvalue weighted by Crippen LogP contribution is -2.23. The van der Waals surface area contributed by atoms with E-state index >= 15 is 0 Å². The molecule has 2 heteroatoms. The summed E-state index contributed by atoms with van der Waals surface area (Å²) in [6.07, 6.45) is 3.81. The van der Waals surface area contributed by atoms with Gasteiger partial charge in [0.05, 0.1) is 6.10 Å². The second-order valence-electron chi connectivity index (χ2n) is 5.70. The topological polar surface area (TPSA) is 18.5 Å². The highest BCUT2D eigenvalue weighted by Gasteiger charge is 2.24. The SMILES string of the molecule is CCc1cc(OC2CC2)cc(OC(C)(C)C)c1. The molecule has 1 fully saturated rings. The first kappa shape index (κ1) is 12.3. The van der Waals surface area contributed by atoms with E-state index in [0.717, 1.165) is 17.9 Å². The standard InChI is InChI=1S/C15H22O2/c1-5-11-8-13(16-12-6-7-12)10-14(9-11)17-15(2,3)4/h8-10,12H,5-7H2,1-4H3. The van der Waals surface area contributed by atoms with Crippen molar-refractivity contribution in [2.24, 2.45) is 0 Å². The lowest BCUT2D eigenvalue weighted by Gasteiger charge is -2.22. The Balaban J connectivity index is 2.18. The van der Waals surface area contributed by atoms with Crippen LogP contribution >= 0.6 is 0 Å². The molecule has 17 heavy (non-hydrogen) atoms. The first-order valence-electron chi connectivity index (χ1n) is 6.46. The minimum absolute atomic E-state index is 0.163. The number of ether oxygens (including phenoxy) is 2. The average molecular weight is 234 g/mol. The minimum atomic E-state index is -0.163. The van der Waals surface area contributed by atoms with Crippen molar-refractivity contribution >= 4 is 0 Å². The van der Waals surface area contributed by atoms with Gasteiger partial charge < -0.3 is 9.47 Å². The molecule has 0 spiro atoms. The number of aryl methyl sites for hydroxylation is 1. The first-order chi connectivity index (χ1) is 7.96. The van der Waals surface area contributed by atoms with Gasteiger partial charge in [-0.15, -0.1) is 0 Å². The van der Waals surface area contributed by atoms with E-state index in [9.17, 15) is 0 Å². The minimum Gasteiger partial charge on any atom is -0.490 e. The molecule has 2 rings (SSSR count). The molecular formula is C15H22O2. The van der Waals surface area contributed by atoms with E-state index < -0.39 is 0 Å². The fourth-order valence-corrected chi connectivity index (χ4v) is 1.69. The third-order valence-corrected chi connectivity index (χ3v) is 2.60. The molecule has 0 bridgehead atoms. The molecule has 0 unspecified atom stereocenters. The summed E-state index contributed by atoms with van der Waals surface area (Å²) in [6, 6.07) is 6.22. The van der Waals surface area contributed by atoms with Crippen LogP contribution in [0.15, 0.2) is 18.2 Å². The van der Waals surface area contributed by atoms with E-state index in [2.05, 4.69) is 39.8 Å². The fourth-order valence-electron chi connectivity index (χ4n) is 1.69. The Kier molecular flexibility index (Phi) is 3.32. The predicted octanol–water partition coefficient (Wildman–Crippen LogP) is 3.97. The molecule has 2 nitrogen and oxygen atoms in total. The van der Waals surface area contributed by atoms with Gasteiger partial charge in [0.1, 0.15) is 17.1 Å². The van der Waals surface area contributed by atoms with E-state index in [1.54, 1.807) is 0 Å². The van der Waals surface area contributed by atoms with Gasteiger partial charge in [-0.2, -0.15) is 0 Å². The van der Waals surface area contributed by atoms with E-state index in [0.29, 0.717) is 6.10 Å². The molecule has 0 aromatic heterocycles. The van der Waals surface area contributed by atoms with Crippen LogP contribution in [-0.2, 0) is 6.42 Å². The van der Waals surface area contributed by atoms with E-state index in [1.807, 2.05) is 6.07 Å². The van der Waals surface area contributed by atoms with Gasteiger partial charge >= 0.3 is 0 Å². The van der Waals surface area contributed by atoms with Crippen molar-refractivity contribution in [2.45, 2.75) is 58.7 Å². The Hall–Kier alpha value is -1.18. The molecule has 0 atom stereocenters. The predicted molar refractivity (Wildman–Crippen MR) is 69.9 cm³/mol.